The molecule has 9 nitrogen and oxygen atoms in total. The van der Waals surface area contributed by atoms with Crippen LogP contribution in [0.4, 0.5) is 0 Å². The number of tetrazole rings is 1. The Labute approximate surface area is 187 Å². The van der Waals surface area contributed by atoms with Gasteiger partial charge in [-0.3, -0.25) is 9.05 Å². The topological polar surface area (TPSA) is 109 Å². The quantitative estimate of drug-likeness (QED) is 0.282. The number of rotatable bonds is 7. The van der Waals surface area contributed by atoms with Gasteiger partial charge in [-0.1, -0.05) is 95.9 Å². The normalized spacial score (nSPS) is 11.5. The third-order valence-corrected chi connectivity index (χ3v) is 5.38. The van der Waals surface area contributed by atoms with Gasteiger partial charge in [0.25, 0.3) is 0 Å². The number of hydrogen-bond donors (Lipinski definition) is 0. The molecule has 0 radical (unpaired) electrons. The Morgan fingerprint density at radius 3 is 1.61 bits per heavy atom. The van der Waals surface area contributed by atoms with E-state index in [-0.39, 0.29) is 13.0 Å². The van der Waals surface area contributed by atoms with E-state index in [1.165, 1.54) is 0 Å². The molecule has 2 aromatic heterocycles. The molecule has 0 bridgehead atoms. The zero-order chi connectivity index (χ0) is 22.7. The first-order valence-corrected chi connectivity index (χ1v) is 10.4. The molecule has 0 saturated heterocycles. The van der Waals surface area contributed by atoms with Crippen LogP contribution in [0, 0.1) is 0 Å². The highest BCUT2D eigenvalue weighted by molar-refractivity contribution is 5.49. The van der Waals surface area contributed by atoms with Crippen molar-refractivity contribution in [1.29, 1.82) is 0 Å². The molecule has 0 saturated carbocycles. The Hall–Kier alpha value is -4.53. The van der Waals surface area contributed by atoms with Gasteiger partial charge in [-0.15, -0.1) is 15.0 Å². The monoisotopic (exact) mass is 441 g/mol. The first kappa shape index (κ1) is 20.4. The Morgan fingerprint density at radius 2 is 1.15 bits per heavy atom. The molecule has 0 atom stereocenters. The highest BCUT2D eigenvalue weighted by atomic mass is 16.7. The van der Waals surface area contributed by atoms with Crippen LogP contribution in [0.1, 0.15) is 22.5 Å². The van der Waals surface area contributed by atoms with E-state index >= 15 is 0 Å². The first-order chi connectivity index (χ1) is 16.2. The van der Waals surface area contributed by atoms with E-state index in [4.69, 9.17) is 14.1 Å². The van der Waals surface area contributed by atoms with Gasteiger partial charge >= 0.3 is 11.3 Å². The molecular formula is C24H19N5O4. The molecule has 9 heteroatoms. The zero-order valence-electron chi connectivity index (χ0n) is 17.4. The fourth-order valence-corrected chi connectivity index (χ4v) is 3.93. The number of aromatic nitrogens is 5. The minimum absolute atomic E-state index is 0.0815. The van der Waals surface area contributed by atoms with Crippen LogP contribution in [0.2, 0.25) is 0 Å². The standard InChI is InChI=1S/C24H19N5O4/c30-22-23(31)33-28(32-22)17-16-21-25-27-29(26-21)24(18-10-4-1-5-11-18,19-12-6-2-7-13-19)20-14-8-3-9-15-20/h1-15H,16-17H2. The van der Waals surface area contributed by atoms with Gasteiger partial charge in [-0.05, 0) is 21.9 Å². The predicted octanol–water partition coefficient (Wildman–Crippen LogP) is 2.46. The third-order valence-electron chi connectivity index (χ3n) is 5.38. The van der Waals surface area contributed by atoms with Gasteiger partial charge < -0.3 is 0 Å². The van der Waals surface area contributed by atoms with Crippen LogP contribution in [0.5, 0.6) is 0 Å². The number of benzene rings is 3. The van der Waals surface area contributed by atoms with Crippen molar-refractivity contribution in [2.75, 3.05) is 0 Å². The summed E-state index contributed by atoms with van der Waals surface area (Å²) < 4.78 is 9.43. The lowest BCUT2D eigenvalue weighted by molar-refractivity contribution is 0.0737. The molecule has 0 aliphatic carbocycles. The molecule has 0 fully saturated rings. The van der Waals surface area contributed by atoms with Crippen LogP contribution in [0.15, 0.2) is 110 Å². The Bertz CT molecular complexity index is 1330. The van der Waals surface area contributed by atoms with Crippen LogP contribution in [-0.2, 0) is 18.5 Å². The number of hydrogen-bond acceptors (Lipinski definition) is 7. The number of nitrogens with zero attached hydrogens (tertiary/aromatic N) is 5. The molecule has 33 heavy (non-hydrogen) atoms. The second-order valence-electron chi connectivity index (χ2n) is 7.37. The second-order valence-corrected chi connectivity index (χ2v) is 7.37. The molecule has 0 unspecified atom stereocenters. The third kappa shape index (κ3) is 3.69. The highest BCUT2D eigenvalue weighted by Gasteiger charge is 2.41. The minimum atomic E-state index is -1.05. The molecule has 0 aliphatic heterocycles. The van der Waals surface area contributed by atoms with Gasteiger partial charge in [0, 0.05) is 6.42 Å². The largest absolute Gasteiger partial charge is 0.446 e. The first-order valence-electron chi connectivity index (χ1n) is 10.4. The predicted molar refractivity (Wildman–Crippen MR) is 118 cm³/mol. The summed E-state index contributed by atoms with van der Waals surface area (Å²) >= 11 is 0. The summed E-state index contributed by atoms with van der Waals surface area (Å²) in [4.78, 5) is 24.9. The summed E-state index contributed by atoms with van der Waals surface area (Å²) in [6, 6.07) is 29.9. The van der Waals surface area contributed by atoms with E-state index in [9.17, 15) is 9.59 Å². The Morgan fingerprint density at radius 1 is 0.697 bits per heavy atom. The summed E-state index contributed by atoms with van der Waals surface area (Å²) in [5, 5.41) is 13.4. The van der Waals surface area contributed by atoms with Crippen molar-refractivity contribution in [2.45, 2.75) is 18.5 Å². The summed E-state index contributed by atoms with van der Waals surface area (Å²) in [7, 11) is 0. The zero-order valence-corrected chi connectivity index (χ0v) is 17.4. The van der Waals surface area contributed by atoms with Crippen LogP contribution in [-0.4, -0.2) is 25.1 Å². The van der Waals surface area contributed by atoms with E-state index < -0.39 is 16.8 Å². The van der Waals surface area contributed by atoms with E-state index in [1.807, 2.05) is 91.0 Å². The molecule has 0 amide bonds. The molecular weight excluding hydrogens is 422 g/mol. The van der Waals surface area contributed by atoms with Crippen molar-refractivity contribution >= 4 is 0 Å². The van der Waals surface area contributed by atoms with Crippen molar-refractivity contribution in [3.63, 3.8) is 0 Å². The van der Waals surface area contributed by atoms with E-state index in [0.29, 0.717) is 5.82 Å². The van der Waals surface area contributed by atoms with Gasteiger partial charge in [-0.2, -0.15) is 0 Å². The van der Waals surface area contributed by atoms with Crippen LogP contribution in [0.25, 0.3) is 0 Å². The van der Waals surface area contributed by atoms with Crippen molar-refractivity contribution in [1.82, 2.24) is 25.1 Å². The van der Waals surface area contributed by atoms with E-state index in [0.717, 1.165) is 21.6 Å². The highest BCUT2D eigenvalue weighted by Crippen LogP contribution is 2.39. The summed E-state index contributed by atoms with van der Waals surface area (Å²) in [5.41, 5.74) is -0.0799. The molecule has 0 spiro atoms. The fraction of sp³-hybridized carbons (Fsp3) is 0.125. The van der Waals surface area contributed by atoms with Crippen molar-refractivity contribution in [3.05, 3.63) is 134 Å². The van der Waals surface area contributed by atoms with Gasteiger partial charge in [0.2, 0.25) is 0 Å². The summed E-state index contributed by atoms with van der Waals surface area (Å²) in [6.45, 7) is 0.0815. The molecule has 5 aromatic rings. The minimum Gasteiger partial charge on any atom is -0.298 e. The summed E-state index contributed by atoms with van der Waals surface area (Å²) in [6.07, 6.45) is 0.245. The lowest BCUT2D eigenvalue weighted by Crippen LogP contribution is -2.39. The van der Waals surface area contributed by atoms with Gasteiger partial charge in [-0.25, -0.2) is 9.59 Å². The van der Waals surface area contributed by atoms with E-state index in [2.05, 4.69) is 10.3 Å². The molecule has 3 aromatic carbocycles. The lowest BCUT2D eigenvalue weighted by atomic mass is 9.77. The van der Waals surface area contributed by atoms with Crippen LogP contribution in [0.3, 0.4) is 0 Å². The number of aryl methyl sites for hydroxylation is 2. The van der Waals surface area contributed by atoms with Crippen LogP contribution >= 0.6 is 0 Å². The maximum Gasteiger partial charge on any atom is 0.446 e. The van der Waals surface area contributed by atoms with Crippen LogP contribution < -0.4 is 11.3 Å². The SMILES string of the molecule is O=c1on(CCc2nnn(C(c3ccccc3)(c3ccccc3)c3ccccc3)n2)oc1=O. The van der Waals surface area contributed by atoms with Crippen molar-refractivity contribution in [3.8, 4) is 0 Å². The molecule has 164 valence electrons. The fourth-order valence-electron chi connectivity index (χ4n) is 3.93. The molecule has 0 aliphatic rings. The van der Waals surface area contributed by atoms with Crippen molar-refractivity contribution in [2.24, 2.45) is 0 Å². The van der Waals surface area contributed by atoms with Gasteiger partial charge in [0.15, 0.2) is 11.4 Å². The average molecular weight is 441 g/mol. The Balaban J connectivity index is 1.64. The maximum atomic E-state index is 11.2. The molecule has 5 rings (SSSR count). The second kappa shape index (κ2) is 8.54. The van der Waals surface area contributed by atoms with Crippen molar-refractivity contribution < 1.29 is 9.05 Å². The van der Waals surface area contributed by atoms with Gasteiger partial charge in [0.05, 0.1) is 6.54 Å². The molecule has 2 heterocycles. The smallest absolute Gasteiger partial charge is 0.298 e. The van der Waals surface area contributed by atoms with E-state index in [1.54, 1.807) is 4.80 Å². The molecule has 0 N–H and O–H groups in total. The maximum absolute atomic E-state index is 11.2. The average Bonchev–Trinajstić information content (AvgIpc) is 3.47. The van der Waals surface area contributed by atoms with Gasteiger partial charge in [0.1, 0.15) is 0 Å². The summed E-state index contributed by atoms with van der Waals surface area (Å²) in [5.74, 6) is 0.404. The lowest BCUT2D eigenvalue weighted by Gasteiger charge is -2.34. The Kier molecular flexibility index (Phi) is 5.27.